The number of carbonyl (C=O) groups excluding carboxylic acids is 1. The normalized spacial score (nSPS) is 12.9. The molecule has 1 atom stereocenters. The number of rotatable bonds is 9. The zero-order valence-electron chi connectivity index (χ0n) is 21.6. The van der Waals surface area contributed by atoms with Crippen LogP contribution in [0.2, 0.25) is 0 Å². The van der Waals surface area contributed by atoms with Crippen LogP contribution in [0.5, 0.6) is 5.75 Å². The van der Waals surface area contributed by atoms with Crippen LogP contribution in [0.15, 0.2) is 60.8 Å². The standard InChI is InChI=1S/C29H25F7N2O3/c1-2-7-41-26-6-3-16(17-8-19(28(31,32)33)12-20(9-17)29(34,35)36)11-24(26)27(40)38-22(15-39)10-18-14-37-25-5-4-21(30)13-23(18)25/h3-6,8-9,11-14,22,37,39H,2,7,10,15H2,1H3,(H,38,40). The Hall–Kier alpha value is -4.06. The summed E-state index contributed by atoms with van der Waals surface area (Å²) in [6, 6.07) is 8.15. The molecule has 1 amide bonds. The molecule has 218 valence electrons. The molecule has 3 aromatic carbocycles. The van der Waals surface area contributed by atoms with Crippen LogP contribution in [0, 0.1) is 5.82 Å². The molecule has 0 radical (unpaired) electrons. The van der Waals surface area contributed by atoms with Crippen molar-refractivity contribution in [3.8, 4) is 16.9 Å². The first-order valence-corrected chi connectivity index (χ1v) is 12.5. The van der Waals surface area contributed by atoms with E-state index in [-0.39, 0.29) is 36.0 Å². The van der Waals surface area contributed by atoms with Crippen molar-refractivity contribution >= 4 is 16.8 Å². The number of carbonyl (C=O) groups is 1. The number of alkyl halides is 6. The number of ether oxygens (including phenoxy) is 1. The zero-order chi connectivity index (χ0) is 29.9. The summed E-state index contributed by atoms with van der Waals surface area (Å²) in [6.07, 6.45) is -7.82. The Morgan fingerprint density at radius 1 is 0.951 bits per heavy atom. The predicted octanol–water partition coefficient (Wildman–Crippen LogP) is 7.13. The summed E-state index contributed by atoms with van der Waals surface area (Å²) in [5.41, 5.74) is -2.35. The Bertz CT molecular complexity index is 1510. The first kappa shape index (κ1) is 29.9. The van der Waals surface area contributed by atoms with Crippen LogP contribution in [0.3, 0.4) is 0 Å². The van der Waals surface area contributed by atoms with Crippen molar-refractivity contribution < 1.29 is 45.4 Å². The summed E-state index contributed by atoms with van der Waals surface area (Å²) in [5.74, 6) is -1.19. The summed E-state index contributed by atoms with van der Waals surface area (Å²) >= 11 is 0. The Morgan fingerprint density at radius 3 is 2.24 bits per heavy atom. The predicted molar refractivity (Wildman–Crippen MR) is 138 cm³/mol. The van der Waals surface area contributed by atoms with Gasteiger partial charge in [0, 0.05) is 17.1 Å². The van der Waals surface area contributed by atoms with Crippen molar-refractivity contribution in [1.29, 1.82) is 0 Å². The molecule has 1 unspecified atom stereocenters. The molecule has 0 saturated heterocycles. The Balaban J connectivity index is 1.69. The van der Waals surface area contributed by atoms with Gasteiger partial charge in [0.15, 0.2) is 0 Å². The van der Waals surface area contributed by atoms with Crippen molar-refractivity contribution in [3.05, 3.63) is 88.9 Å². The number of aromatic nitrogens is 1. The Labute approximate surface area is 229 Å². The molecule has 5 nitrogen and oxygen atoms in total. The lowest BCUT2D eigenvalue weighted by molar-refractivity contribution is -0.143. The smallest absolute Gasteiger partial charge is 0.416 e. The van der Waals surface area contributed by atoms with E-state index in [2.05, 4.69) is 10.3 Å². The minimum absolute atomic E-state index is 0.0261. The number of hydrogen-bond donors (Lipinski definition) is 3. The molecular weight excluding hydrogens is 557 g/mol. The summed E-state index contributed by atoms with van der Waals surface area (Å²) in [7, 11) is 0. The number of benzene rings is 3. The third-order valence-corrected chi connectivity index (χ3v) is 6.36. The summed E-state index contributed by atoms with van der Waals surface area (Å²) in [6.45, 7) is 1.48. The fourth-order valence-corrected chi connectivity index (χ4v) is 4.36. The molecule has 0 bridgehead atoms. The van der Waals surface area contributed by atoms with Crippen LogP contribution >= 0.6 is 0 Å². The molecule has 3 N–H and O–H groups in total. The van der Waals surface area contributed by atoms with Crippen LogP contribution in [0.1, 0.15) is 40.4 Å². The van der Waals surface area contributed by atoms with E-state index in [4.69, 9.17) is 4.74 Å². The van der Waals surface area contributed by atoms with Crippen LogP contribution in [-0.4, -0.2) is 35.3 Å². The van der Waals surface area contributed by atoms with Crippen molar-refractivity contribution in [3.63, 3.8) is 0 Å². The molecule has 0 aliphatic carbocycles. The Kier molecular flexibility index (Phi) is 8.62. The average Bonchev–Trinajstić information content (AvgIpc) is 3.31. The Morgan fingerprint density at radius 2 is 1.63 bits per heavy atom. The molecule has 41 heavy (non-hydrogen) atoms. The molecule has 4 rings (SSSR count). The molecule has 0 saturated carbocycles. The van der Waals surface area contributed by atoms with Crippen molar-refractivity contribution in [1.82, 2.24) is 10.3 Å². The third kappa shape index (κ3) is 6.99. The lowest BCUT2D eigenvalue weighted by Gasteiger charge is -2.19. The molecular formula is C29H25F7N2O3. The fraction of sp³-hybridized carbons (Fsp3) is 0.276. The summed E-state index contributed by atoms with van der Waals surface area (Å²) in [4.78, 5) is 16.3. The number of aliphatic hydroxyl groups is 1. The van der Waals surface area contributed by atoms with E-state index in [9.17, 15) is 40.6 Å². The van der Waals surface area contributed by atoms with Gasteiger partial charge in [-0.2, -0.15) is 26.3 Å². The van der Waals surface area contributed by atoms with Crippen molar-refractivity contribution in [2.45, 2.75) is 38.2 Å². The first-order chi connectivity index (χ1) is 19.3. The topological polar surface area (TPSA) is 74.3 Å². The van der Waals surface area contributed by atoms with Crippen LogP contribution in [-0.2, 0) is 18.8 Å². The molecule has 4 aromatic rings. The van der Waals surface area contributed by atoms with E-state index in [0.717, 1.165) is 6.07 Å². The highest BCUT2D eigenvalue weighted by Gasteiger charge is 2.37. The van der Waals surface area contributed by atoms with E-state index in [0.29, 0.717) is 35.0 Å². The fourth-order valence-electron chi connectivity index (χ4n) is 4.36. The van der Waals surface area contributed by atoms with Gasteiger partial charge in [-0.1, -0.05) is 13.0 Å². The van der Waals surface area contributed by atoms with Gasteiger partial charge in [-0.25, -0.2) is 4.39 Å². The largest absolute Gasteiger partial charge is 0.493 e. The van der Waals surface area contributed by atoms with Crippen LogP contribution < -0.4 is 10.1 Å². The second kappa shape index (κ2) is 11.8. The van der Waals surface area contributed by atoms with E-state index < -0.39 is 53.4 Å². The number of aliphatic hydroxyl groups excluding tert-OH is 1. The van der Waals surface area contributed by atoms with Gasteiger partial charge in [-0.05, 0) is 78.1 Å². The van der Waals surface area contributed by atoms with E-state index in [1.807, 2.05) is 0 Å². The average molecular weight is 583 g/mol. The van der Waals surface area contributed by atoms with Gasteiger partial charge in [0.1, 0.15) is 11.6 Å². The van der Waals surface area contributed by atoms with Gasteiger partial charge in [-0.15, -0.1) is 0 Å². The van der Waals surface area contributed by atoms with Gasteiger partial charge in [0.05, 0.1) is 35.9 Å². The monoisotopic (exact) mass is 582 g/mol. The second-order valence-electron chi connectivity index (χ2n) is 9.41. The van der Waals surface area contributed by atoms with Gasteiger partial charge < -0.3 is 20.1 Å². The van der Waals surface area contributed by atoms with E-state index in [1.54, 1.807) is 19.2 Å². The lowest BCUT2D eigenvalue weighted by Crippen LogP contribution is -2.39. The molecule has 0 aliphatic heterocycles. The molecule has 0 spiro atoms. The summed E-state index contributed by atoms with van der Waals surface area (Å²) < 4.78 is 99.9. The van der Waals surface area contributed by atoms with Crippen LogP contribution in [0.25, 0.3) is 22.0 Å². The number of halogens is 7. The van der Waals surface area contributed by atoms with E-state index >= 15 is 0 Å². The van der Waals surface area contributed by atoms with Gasteiger partial charge in [-0.3, -0.25) is 4.79 Å². The minimum atomic E-state index is -5.04. The number of amides is 1. The summed E-state index contributed by atoms with van der Waals surface area (Å²) in [5, 5.41) is 13.1. The number of H-pyrrole nitrogens is 1. The highest BCUT2D eigenvalue weighted by molar-refractivity contribution is 5.98. The molecule has 0 fully saturated rings. The maximum atomic E-state index is 13.8. The quantitative estimate of drug-likeness (QED) is 0.184. The second-order valence-corrected chi connectivity index (χ2v) is 9.41. The van der Waals surface area contributed by atoms with Crippen LogP contribution in [0.4, 0.5) is 30.7 Å². The number of hydrogen-bond acceptors (Lipinski definition) is 3. The highest BCUT2D eigenvalue weighted by atomic mass is 19.4. The van der Waals surface area contributed by atoms with Gasteiger partial charge in [0.25, 0.3) is 5.91 Å². The number of nitrogens with one attached hydrogen (secondary N) is 2. The minimum Gasteiger partial charge on any atom is -0.493 e. The maximum absolute atomic E-state index is 13.8. The molecule has 1 aromatic heterocycles. The third-order valence-electron chi connectivity index (χ3n) is 6.36. The highest BCUT2D eigenvalue weighted by Crippen LogP contribution is 2.39. The number of fused-ring (bicyclic) bond motifs is 1. The van der Waals surface area contributed by atoms with Gasteiger partial charge in [0.2, 0.25) is 0 Å². The molecule has 12 heteroatoms. The van der Waals surface area contributed by atoms with E-state index in [1.165, 1.54) is 24.3 Å². The molecule has 0 aliphatic rings. The maximum Gasteiger partial charge on any atom is 0.416 e. The van der Waals surface area contributed by atoms with Crippen molar-refractivity contribution in [2.24, 2.45) is 0 Å². The van der Waals surface area contributed by atoms with Gasteiger partial charge >= 0.3 is 12.4 Å². The molecule has 1 heterocycles. The lowest BCUT2D eigenvalue weighted by atomic mass is 9.97. The zero-order valence-corrected chi connectivity index (χ0v) is 21.6. The SMILES string of the molecule is CCCOc1ccc(-c2cc(C(F)(F)F)cc(C(F)(F)F)c2)cc1C(=O)NC(CO)Cc1c[nH]c2ccc(F)cc12. The number of aromatic amines is 1. The first-order valence-electron chi connectivity index (χ1n) is 12.5. The van der Waals surface area contributed by atoms with Crippen molar-refractivity contribution in [2.75, 3.05) is 13.2 Å².